The van der Waals surface area contributed by atoms with E-state index in [1.165, 1.54) is 22.2 Å². The van der Waals surface area contributed by atoms with E-state index in [9.17, 15) is 9.59 Å². The number of hydrogen-bond acceptors (Lipinski definition) is 2. The molecule has 164 valence electrons. The highest BCUT2D eigenvalue weighted by Crippen LogP contribution is 2.30. The zero-order chi connectivity index (χ0) is 22.4. The van der Waals surface area contributed by atoms with Crippen molar-refractivity contribution in [3.8, 4) is 0 Å². The maximum Gasteiger partial charge on any atom is 0.322 e. The van der Waals surface area contributed by atoms with Crippen LogP contribution in [0, 0.1) is 0 Å². The van der Waals surface area contributed by atoms with Crippen LogP contribution in [0.4, 0.5) is 16.2 Å². The number of H-pyrrole nitrogens is 1. The summed E-state index contributed by atoms with van der Waals surface area (Å²) in [5.41, 5.74) is 6.86. The number of para-hydroxylation sites is 2. The minimum atomic E-state index is -0.151. The van der Waals surface area contributed by atoms with Crippen LogP contribution in [0.25, 0.3) is 10.9 Å². The van der Waals surface area contributed by atoms with E-state index in [2.05, 4.69) is 28.5 Å². The number of carbonyl (C=O) groups is 2. The van der Waals surface area contributed by atoms with E-state index in [1.807, 2.05) is 52.3 Å². The molecule has 33 heavy (non-hydrogen) atoms. The van der Waals surface area contributed by atoms with Crippen molar-refractivity contribution < 1.29 is 9.59 Å². The monoisotopic (exact) mass is 436 g/mol. The van der Waals surface area contributed by atoms with E-state index in [-0.39, 0.29) is 11.9 Å². The van der Waals surface area contributed by atoms with Gasteiger partial charge in [0.25, 0.3) is 5.91 Å². The van der Waals surface area contributed by atoms with Crippen molar-refractivity contribution >= 4 is 34.2 Å². The van der Waals surface area contributed by atoms with Crippen LogP contribution in [0.5, 0.6) is 0 Å². The second-order valence-corrected chi connectivity index (χ2v) is 8.65. The van der Waals surface area contributed by atoms with Gasteiger partial charge in [-0.15, -0.1) is 0 Å². The number of hydrogen-bond donors (Lipinski definition) is 2. The highest BCUT2D eigenvalue weighted by Gasteiger charge is 2.26. The molecule has 0 atom stereocenters. The van der Waals surface area contributed by atoms with Gasteiger partial charge in [-0.2, -0.15) is 0 Å². The average Bonchev–Trinajstić information content (AvgIpc) is 3.45. The molecule has 6 rings (SSSR count). The van der Waals surface area contributed by atoms with Crippen molar-refractivity contribution in [1.82, 2.24) is 9.88 Å². The van der Waals surface area contributed by atoms with Crippen LogP contribution in [0.15, 0.2) is 72.8 Å². The highest BCUT2D eigenvalue weighted by atomic mass is 16.2. The molecule has 3 aromatic carbocycles. The Balaban J connectivity index is 1.19. The summed E-state index contributed by atoms with van der Waals surface area (Å²) in [5.74, 6) is -0.0440. The summed E-state index contributed by atoms with van der Waals surface area (Å²) < 4.78 is 0. The molecule has 3 amide bonds. The normalized spacial score (nSPS) is 14.8. The third kappa shape index (κ3) is 3.44. The number of amides is 3. The van der Waals surface area contributed by atoms with Crippen LogP contribution in [-0.4, -0.2) is 34.9 Å². The Morgan fingerprint density at radius 2 is 1.73 bits per heavy atom. The van der Waals surface area contributed by atoms with Gasteiger partial charge < -0.3 is 20.1 Å². The van der Waals surface area contributed by atoms with Crippen molar-refractivity contribution in [1.29, 1.82) is 0 Å². The van der Waals surface area contributed by atoms with E-state index in [1.54, 1.807) is 12.1 Å². The number of urea groups is 1. The average molecular weight is 437 g/mol. The lowest BCUT2D eigenvalue weighted by molar-refractivity contribution is 0.0989. The molecular weight excluding hydrogens is 412 g/mol. The zero-order valence-electron chi connectivity index (χ0n) is 18.2. The van der Waals surface area contributed by atoms with Gasteiger partial charge >= 0.3 is 6.03 Å². The van der Waals surface area contributed by atoms with Gasteiger partial charge in [-0.3, -0.25) is 4.79 Å². The molecule has 0 bridgehead atoms. The molecule has 3 heterocycles. The SMILES string of the molecule is O=C(Nc1cccc(C(=O)N2CCc3ccccc32)c1)N1CCc2[nH]c3ccccc3c2C1. The number of nitrogens with zero attached hydrogens (tertiary/aromatic N) is 2. The van der Waals surface area contributed by atoms with Crippen molar-refractivity contribution in [2.24, 2.45) is 0 Å². The van der Waals surface area contributed by atoms with Crippen molar-refractivity contribution in [2.45, 2.75) is 19.4 Å². The van der Waals surface area contributed by atoms with Gasteiger partial charge in [0.1, 0.15) is 0 Å². The Bertz CT molecular complexity index is 1390. The summed E-state index contributed by atoms with van der Waals surface area (Å²) in [5, 5.41) is 4.16. The largest absolute Gasteiger partial charge is 0.358 e. The lowest BCUT2D eigenvalue weighted by atomic mass is 10.0. The summed E-state index contributed by atoms with van der Waals surface area (Å²) in [6.07, 6.45) is 1.66. The standard InChI is InChI=1S/C27H24N4O2/c32-26(31-15-12-18-6-1-4-11-25(18)31)19-7-5-8-20(16-19)28-27(33)30-14-13-24-22(17-30)21-9-2-3-10-23(21)29-24/h1-11,16,29H,12-15,17H2,(H,28,33). The predicted octanol–water partition coefficient (Wildman–Crippen LogP) is 4.96. The highest BCUT2D eigenvalue weighted by molar-refractivity contribution is 6.08. The molecule has 0 saturated heterocycles. The van der Waals surface area contributed by atoms with Gasteiger partial charge in [-0.25, -0.2) is 4.79 Å². The minimum absolute atomic E-state index is 0.0440. The fraction of sp³-hybridized carbons (Fsp3) is 0.185. The van der Waals surface area contributed by atoms with E-state index in [4.69, 9.17) is 0 Å². The summed E-state index contributed by atoms with van der Waals surface area (Å²) in [6, 6.07) is 23.3. The van der Waals surface area contributed by atoms with Gasteiger partial charge in [-0.1, -0.05) is 42.5 Å². The lowest BCUT2D eigenvalue weighted by Gasteiger charge is -2.27. The molecule has 2 N–H and O–H groups in total. The molecule has 0 aliphatic carbocycles. The second-order valence-electron chi connectivity index (χ2n) is 8.65. The number of aromatic amines is 1. The van der Waals surface area contributed by atoms with Crippen LogP contribution < -0.4 is 10.2 Å². The van der Waals surface area contributed by atoms with E-state index < -0.39 is 0 Å². The topological polar surface area (TPSA) is 68.4 Å². The molecule has 0 spiro atoms. The first kappa shape index (κ1) is 19.6. The van der Waals surface area contributed by atoms with Crippen molar-refractivity contribution in [2.75, 3.05) is 23.3 Å². The Morgan fingerprint density at radius 3 is 2.67 bits per heavy atom. The van der Waals surface area contributed by atoms with Gasteiger partial charge in [0.05, 0.1) is 0 Å². The Morgan fingerprint density at radius 1 is 0.879 bits per heavy atom. The molecule has 6 heteroatoms. The van der Waals surface area contributed by atoms with Crippen LogP contribution in [0.3, 0.4) is 0 Å². The zero-order valence-corrected chi connectivity index (χ0v) is 18.2. The molecule has 0 saturated carbocycles. The molecule has 2 aliphatic rings. The van der Waals surface area contributed by atoms with Gasteiger partial charge in [0, 0.05) is 65.2 Å². The summed E-state index contributed by atoms with van der Waals surface area (Å²) >= 11 is 0. The van der Waals surface area contributed by atoms with E-state index >= 15 is 0 Å². The number of benzene rings is 3. The molecule has 0 unspecified atom stereocenters. The first-order valence-electron chi connectivity index (χ1n) is 11.3. The number of rotatable bonds is 2. The number of anilines is 2. The van der Waals surface area contributed by atoms with Crippen molar-refractivity contribution in [3.05, 3.63) is 95.2 Å². The Hall–Kier alpha value is -4.06. The van der Waals surface area contributed by atoms with E-state index in [0.717, 1.165) is 24.0 Å². The summed E-state index contributed by atoms with van der Waals surface area (Å²) in [6.45, 7) is 1.89. The van der Waals surface area contributed by atoms with Crippen LogP contribution >= 0.6 is 0 Å². The molecule has 0 radical (unpaired) electrons. The van der Waals surface area contributed by atoms with Crippen molar-refractivity contribution in [3.63, 3.8) is 0 Å². The second kappa shape index (κ2) is 7.81. The Labute approximate surface area is 191 Å². The maximum absolute atomic E-state index is 13.2. The quantitative estimate of drug-likeness (QED) is 0.466. The van der Waals surface area contributed by atoms with Gasteiger partial charge in [0.15, 0.2) is 0 Å². The number of aromatic nitrogens is 1. The van der Waals surface area contributed by atoms with Crippen LogP contribution in [0.2, 0.25) is 0 Å². The number of fused-ring (bicyclic) bond motifs is 4. The minimum Gasteiger partial charge on any atom is -0.358 e. The molecule has 6 nitrogen and oxygen atoms in total. The summed E-state index contributed by atoms with van der Waals surface area (Å²) in [4.78, 5) is 33.4. The van der Waals surface area contributed by atoms with Gasteiger partial charge in [0.2, 0.25) is 0 Å². The maximum atomic E-state index is 13.2. The third-order valence-corrected chi connectivity index (χ3v) is 6.66. The number of nitrogens with one attached hydrogen (secondary N) is 2. The number of carbonyl (C=O) groups excluding carboxylic acids is 2. The third-order valence-electron chi connectivity index (χ3n) is 6.66. The molecular formula is C27H24N4O2. The lowest BCUT2D eigenvalue weighted by Crippen LogP contribution is -2.38. The fourth-order valence-electron chi connectivity index (χ4n) is 4.98. The molecule has 4 aromatic rings. The summed E-state index contributed by atoms with van der Waals surface area (Å²) in [7, 11) is 0. The Kier molecular flexibility index (Phi) is 4.64. The van der Waals surface area contributed by atoms with E-state index in [0.29, 0.717) is 30.9 Å². The molecule has 0 fully saturated rings. The van der Waals surface area contributed by atoms with Crippen LogP contribution in [-0.2, 0) is 19.4 Å². The fourth-order valence-corrected chi connectivity index (χ4v) is 4.98. The first-order chi connectivity index (χ1) is 16.2. The van der Waals surface area contributed by atoms with Crippen LogP contribution in [0.1, 0.15) is 27.2 Å². The molecule has 1 aromatic heterocycles. The smallest absolute Gasteiger partial charge is 0.322 e. The first-order valence-corrected chi connectivity index (χ1v) is 11.3. The predicted molar refractivity (Wildman–Crippen MR) is 130 cm³/mol. The molecule has 2 aliphatic heterocycles. The van der Waals surface area contributed by atoms with Gasteiger partial charge in [-0.05, 0) is 42.3 Å².